The Hall–Kier alpha value is 0.160. The lowest BCUT2D eigenvalue weighted by molar-refractivity contribution is -0.139. The van der Waals surface area contributed by atoms with Crippen LogP contribution in [0.25, 0.3) is 0 Å². The molecule has 1 unspecified atom stereocenters. The van der Waals surface area contributed by atoms with Gasteiger partial charge in [0.2, 0.25) is 0 Å². The highest BCUT2D eigenvalue weighted by Gasteiger charge is 2.26. The minimum Gasteiger partial charge on any atom is -0.480 e. The van der Waals surface area contributed by atoms with Crippen molar-refractivity contribution < 1.29 is 9.90 Å². The monoisotopic (exact) mass is 241 g/mol. The van der Waals surface area contributed by atoms with E-state index in [1.807, 2.05) is 0 Å². The first-order valence-corrected chi connectivity index (χ1v) is 4.05. The highest BCUT2D eigenvalue weighted by Crippen LogP contribution is 2.14. The molecule has 4 heteroatoms. The van der Waals surface area contributed by atoms with Crippen molar-refractivity contribution in [3.63, 3.8) is 0 Å². The van der Waals surface area contributed by atoms with Crippen molar-refractivity contribution in [3.05, 3.63) is 0 Å². The van der Waals surface area contributed by atoms with Gasteiger partial charge in [0.15, 0.2) is 0 Å². The molecule has 0 aromatic carbocycles. The average Bonchev–Trinajstić information content (AvgIpc) is 2.14. The maximum Gasteiger partial charge on any atom is 0.320 e. The number of alkyl halides is 1. The molecule has 1 aliphatic heterocycles. The Morgan fingerprint density at radius 1 is 1.78 bits per heavy atom. The van der Waals surface area contributed by atoms with Crippen LogP contribution in [0.4, 0.5) is 0 Å². The summed E-state index contributed by atoms with van der Waals surface area (Å²) in [6.45, 7) is 0.831. The summed E-state index contributed by atoms with van der Waals surface area (Å²) in [4.78, 5) is 10.3. The Bertz CT molecular complexity index is 128. The molecular formula is C5H8INO2. The molecule has 0 aromatic heterocycles. The predicted octanol–water partition coefficient (Wildman–Crippen LogP) is 0.236. The molecule has 1 fully saturated rings. The fourth-order valence-electron chi connectivity index (χ4n) is 0.881. The molecule has 0 bridgehead atoms. The Morgan fingerprint density at radius 3 is 2.67 bits per heavy atom. The van der Waals surface area contributed by atoms with E-state index < -0.39 is 5.97 Å². The van der Waals surface area contributed by atoms with Gasteiger partial charge >= 0.3 is 5.97 Å². The molecular weight excluding hydrogens is 233 g/mol. The van der Waals surface area contributed by atoms with E-state index in [0.717, 1.165) is 13.0 Å². The number of hydrogen-bond donors (Lipinski definition) is 2. The molecule has 0 saturated carbocycles. The van der Waals surface area contributed by atoms with E-state index in [9.17, 15) is 4.79 Å². The van der Waals surface area contributed by atoms with E-state index in [2.05, 4.69) is 27.9 Å². The van der Waals surface area contributed by atoms with Crippen LogP contribution in [-0.4, -0.2) is 27.6 Å². The van der Waals surface area contributed by atoms with Crippen molar-refractivity contribution in [2.75, 3.05) is 6.54 Å². The zero-order valence-electron chi connectivity index (χ0n) is 4.80. The zero-order valence-corrected chi connectivity index (χ0v) is 6.96. The van der Waals surface area contributed by atoms with Crippen molar-refractivity contribution in [1.82, 2.24) is 5.32 Å². The summed E-state index contributed by atoms with van der Waals surface area (Å²) < 4.78 is 0.490. The number of halogens is 1. The summed E-state index contributed by atoms with van der Waals surface area (Å²) in [5.74, 6) is -0.728. The SMILES string of the molecule is O=C(O)[C@@H]1CC(I)CN1. The Labute approximate surface area is 67.0 Å². The van der Waals surface area contributed by atoms with E-state index in [0.29, 0.717) is 3.92 Å². The molecule has 1 heterocycles. The molecule has 1 aliphatic rings. The highest BCUT2D eigenvalue weighted by molar-refractivity contribution is 14.1. The summed E-state index contributed by atoms with van der Waals surface area (Å²) in [6.07, 6.45) is 0.760. The normalized spacial score (nSPS) is 34.8. The number of nitrogens with one attached hydrogen (secondary N) is 1. The van der Waals surface area contributed by atoms with Crippen molar-refractivity contribution in [3.8, 4) is 0 Å². The van der Waals surface area contributed by atoms with Gasteiger partial charge in [-0.15, -0.1) is 0 Å². The summed E-state index contributed by atoms with van der Waals surface area (Å²) in [5, 5.41) is 11.4. The molecule has 2 N–H and O–H groups in total. The lowest BCUT2D eigenvalue weighted by atomic mass is 10.2. The molecule has 9 heavy (non-hydrogen) atoms. The number of carbonyl (C=O) groups is 1. The van der Waals surface area contributed by atoms with Gasteiger partial charge in [-0.1, -0.05) is 22.6 Å². The third-order valence-corrected chi connectivity index (χ3v) is 2.32. The van der Waals surface area contributed by atoms with Crippen LogP contribution in [0.15, 0.2) is 0 Å². The molecule has 0 radical (unpaired) electrons. The summed E-state index contributed by atoms with van der Waals surface area (Å²) in [6, 6.07) is -0.299. The van der Waals surface area contributed by atoms with Crippen LogP contribution < -0.4 is 5.32 Å². The topological polar surface area (TPSA) is 49.3 Å². The summed E-state index contributed by atoms with van der Waals surface area (Å²) >= 11 is 2.25. The first kappa shape index (κ1) is 7.27. The summed E-state index contributed by atoms with van der Waals surface area (Å²) in [7, 11) is 0. The number of carboxylic acid groups (broad SMARTS) is 1. The van der Waals surface area contributed by atoms with Gasteiger partial charge < -0.3 is 10.4 Å². The second-order valence-corrected chi connectivity index (χ2v) is 3.89. The number of aliphatic carboxylic acids is 1. The van der Waals surface area contributed by atoms with Crippen molar-refractivity contribution in [2.24, 2.45) is 0 Å². The predicted molar refractivity (Wildman–Crippen MR) is 41.9 cm³/mol. The maximum atomic E-state index is 10.3. The van der Waals surface area contributed by atoms with Gasteiger partial charge in [-0.3, -0.25) is 4.79 Å². The van der Waals surface area contributed by atoms with E-state index in [1.165, 1.54) is 0 Å². The van der Waals surface area contributed by atoms with E-state index in [-0.39, 0.29) is 6.04 Å². The quantitative estimate of drug-likeness (QED) is 0.510. The van der Waals surface area contributed by atoms with Gasteiger partial charge in [0.25, 0.3) is 0 Å². The minimum atomic E-state index is -0.728. The largest absolute Gasteiger partial charge is 0.480 e. The second-order valence-electron chi connectivity index (χ2n) is 2.13. The van der Waals surface area contributed by atoms with Crippen LogP contribution in [0.2, 0.25) is 0 Å². The molecule has 0 amide bonds. The van der Waals surface area contributed by atoms with Gasteiger partial charge in [0.05, 0.1) is 0 Å². The number of rotatable bonds is 1. The number of hydrogen-bond acceptors (Lipinski definition) is 2. The molecule has 2 atom stereocenters. The van der Waals surface area contributed by atoms with Gasteiger partial charge in [0.1, 0.15) is 6.04 Å². The van der Waals surface area contributed by atoms with Crippen molar-refractivity contribution in [2.45, 2.75) is 16.4 Å². The Balaban J connectivity index is 2.39. The van der Waals surface area contributed by atoms with Crippen LogP contribution in [0.5, 0.6) is 0 Å². The Morgan fingerprint density at radius 2 is 2.44 bits per heavy atom. The molecule has 0 spiro atoms. The first-order valence-electron chi connectivity index (χ1n) is 2.80. The fraction of sp³-hybridized carbons (Fsp3) is 0.800. The van der Waals surface area contributed by atoms with Gasteiger partial charge in [-0.05, 0) is 6.42 Å². The maximum absolute atomic E-state index is 10.3. The smallest absolute Gasteiger partial charge is 0.320 e. The van der Waals surface area contributed by atoms with Crippen LogP contribution in [0, 0.1) is 0 Å². The van der Waals surface area contributed by atoms with E-state index in [1.54, 1.807) is 0 Å². The van der Waals surface area contributed by atoms with Crippen molar-refractivity contribution >= 4 is 28.6 Å². The second kappa shape index (κ2) is 2.83. The Kier molecular flexibility index (Phi) is 2.29. The zero-order chi connectivity index (χ0) is 6.85. The van der Waals surface area contributed by atoms with Crippen molar-refractivity contribution in [1.29, 1.82) is 0 Å². The van der Waals surface area contributed by atoms with E-state index >= 15 is 0 Å². The van der Waals surface area contributed by atoms with Gasteiger partial charge in [0, 0.05) is 10.5 Å². The lowest BCUT2D eigenvalue weighted by Gasteiger charge is -1.99. The first-order chi connectivity index (χ1) is 4.20. The molecule has 3 nitrogen and oxygen atoms in total. The van der Waals surface area contributed by atoms with Crippen LogP contribution >= 0.6 is 22.6 Å². The fourth-order valence-corrected chi connectivity index (χ4v) is 1.64. The average molecular weight is 241 g/mol. The lowest BCUT2D eigenvalue weighted by Crippen LogP contribution is -2.29. The van der Waals surface area contributed by atoms with Gasteiger partial charge in [-0.25, -0.2) is 0 Å². The van der Waals surface area contributed by atoms with E-state index in [4.69, 9.17) is 5.11 Å². The minimum absolute atomic E-state index is 0.299. The standard InChI is InChI=1S/C5H8INO2/c6-3-1-4(5(8)9)7-2-3/h3-4,7H,1-2H2,(H,8,9)/t3?,4-/m0/s1. The van der Waals surface area contributed by atoms with Gasteiger partial charge in [-0.2, -0.15) is 0 Å². The third kappa shape index (κ3) is 1.79. The van der Waals surface area contributed by atoms with Crippen LogP contribution in [-0.2, 0) is 4.79 Å². The molecule has 0 aromatic rings. The van der Waals surface area contributed by atoms with Crippen LogP contribution in [0.1, 0.15) is 6.42 Å². The highest BCUT2D eigenvalue weighted by atomic mass is 127. The molecule has 1 saturated heterocycles. The van der Waals surface area contributed by atoms with Crippen LogP contribution in [0.3, 0.4) is 0 Å². The molecule has 52 valence electrons. The summed E-state index contributed by atoms with van der Waals surface area (Å²) in [5.41, 5.74) is 0. The molecule has 1 rings (SSSR count). The third-order valence-electron chi connectivity index (χ3n) is 1.38. The number of carboxylic acids is 1. The molecule has 0 aliphatic carbocycles.